The van der Waals surface area contributed by atoms with Gasteiger partial charge in [-0.1, -0.05) is 0 Å². The number of aryl methyl sites for hydroxylation is 1. The number of hydrogen-bond acceptors (Lipinski definition) is 2. The van der Waals surface area contributed by atoms with Gasteiger partial charge in [0.25, 0.3) is 0 Å². The quantitative estimate of drug-likeness (QED) is 0.862. The summed E-state index contributed by atoms with van der Waals surface area (Å²) in [5, 5.41) is 8.90. The molecule has 0 aliphatic carbocycles. The lowest BCUT2D eigenvalue weighted by Crippen LogP contribution is -2.27. The minimum atomic E-state index is -0.195. The summed E-state index contributed by atoms with van der Waals surface area (Å²) in [4.78, 5) is 0. The number of rotatable bonds is 2. The Hall–Kier alpha value is -1.42. The third-order valence-corrected chi connectivity index (χ3v) is 3.52. The molecule has 1 aromatic carbocycles. The summed E-state index contributed by atoms with van der Waals surface area (Å²) in [6, 6.07) is 5.28. The van der Waals surface area contributed by atoms with E-state index in [4.69, 9.17) is 0 Å². The van der Waals surface area contributed by atoms with Crippen molar-refractivity contribution in [1.29, 1.82) is 0 Å². The van der Waals surface area contributed by atoms with Gasteiger partial charge in [0.1, 0.15) is 5.82 Å². The second kappa shape index (κ2) is 4.11. The van der Waals surface area contributed by atoms with E-state index in [0.717, 1.165) is 29.7 Å². The summed E-state index contributed by atoms with van der Waals surface area (Å²) in [5.41, 5.74) is 1.93. The predicted octanol–water partition coefficient (Wildman–Crippen LogP) is 2.24. The molecule has 1 N–H and O–H groups in total. The molecule has 4 heteroatoms. The van der Waals surface area contributed by atoms with Crippen LogP contribution in [0.1, 0.15) is 18.5 Å². The molecule has 1 saturated heterocycles. The van der Waals surface area contributed by atoms with Gasteiger partial charge in [-0.2, -0.15) is 5.10 Å². The monoisotopic (exact) mass is 233 g/mol. The molecule has 3 nitrogen and oxygen atoms in total. The topological polar surface area (TPSA) is 29.9 Å². The van der Waals surface area contributed by atoms with Crippen molar-refractivity contribution in [3.8, 4) is 0 Å². The maximum Gasteiger partial charge on any atom is 0.124 e. The summed E-state index contributed by atoms with van der Waals surface area (Å²) in [7, 11) is 0. The van der Waals surface area contributed by atoms with Crippen LogP contribution in [-0.2, 0) is 6.54 Å². The van der Waals surface area contributed by atoms with Crippen LogP contribution in [0.15, 0.2) is 18.2 Å². The Bertz CT molecular complexity index is 541. The Morgan fingerprint density at radius 1 is 1.53 bits per heavy atom. The van der Waals surface area contributed by atoms with Crippen LogP contribution in [0.3, 0.4) is 0 Å². The molecule has 17 heavy (non-hydrogen) atoms. The maximum atomic E-state index is 13.2. The summed E-state index contributed by atoms with van der Waals surface area (Å²) >= 11 is 0. The Kier molecular flexibility index (Phi) is 2.59. The highest BCUT2D eigenvalue weighted by Gasteiger charge is 2.17. The smallest absolute Gasteiger partial charge is 0.124 e. The van der Waals surface area contributed by atoms with Crippen molar-refractivity contribution in [2.45, 2.75) is 32.4 Å². The third-order valence-electron chi connectivity index (χ3n) is 3.52. The van der Waals surface area contributed by atoms with Crippen LogP contribution in [0, 0.1) is 12.7 Å². The minimum absolute atomic E-state index is 0.195. The van der Waals surface area contributed by atoms with E-state index in [9.17, 15) is 4.39 Å². The fourth-order valence-corrected chi connectivity index (χ4v) is 2.53. The Balaban J connectivity index is 1.96. The average molecular weight is 233 g/mol. The van der Waals surface area contributed by atoms with E-state index in [0.29, 0.717) is 6.04 Å². The molecule has 1 fully saturated rings. The molecule has 0 radical (unpaired) electrons. The first-order valence-corrected chi connectivity index (χ1v) is 6.10. The molecular formula is C13H16FN3. The largest absolute Gasteiger partial charge is 0.312 e. The van der Waals surface area contributed by atoms with E-state index in [-0.39, 0.29) is 5.82 Å². The van der Waals surface area contributed by atoms with Crippen LogP contribution in [0.25, 0.3) is 10.9 Å². The van der Waals surface area contributed by atoms with Crippen molar-refractivity contribution >= 4 is 10.9 Å². The number of benzene rings is 1. The number of fused-ring (bicyclic) bond motifs is 1. The number of halogens is 1. The Morgan fingerprint density at radius 3 is 3.18 bits per heavy atom. The molecule has 0 amide bonds. The average Bonchev–Trinajstić information content (AvgIpc) is 2.91. The second-order valence-corrected chi connectivity index (χ2v) is 4.72. The molecule has 90 valence electrons. The van der Waals surface area contributed by atoms with Gasteiger partial charge < -0.3 is 5.32 Å². The van der Waals surface area contributed by atoms with Gasteiger partial charge in [-0.25, -0.2) is 4.39 Å². The molecule has 2 heterocycles. The standard InChI is InChI=1S/C13H16FN3/c1-9-12-7-10(14)4-5-13(12)16-17(9)8-11-3-2-6-15-11/h4-5,7,11,15H,2-3,6,8H2,1H3. The molecule has 1 aliphatic heterocycles. The van der Waals surface area contributed by atoms with Crippen molar-refractivity contribution in [3.05, 3.63) is 29.7 Å². The van der Waals surface area contributed by atoms with Crippen LogP contribution < -0.4 is 5.32 Å². The normalized spacial score (nSPS) is 20.2. The van der Waals surface area contributed by atoms with Crippen LogP contribution in [0.2, 0.25) is 0 Å². The van der Waals surface area contributed by atoms with Crippen LogP contribution in [-0.4, -0.2) is 22.4 Å². The van der Waals surface area contributed by atoms with Gasteiger partial charge >= 0.3 is 0 Å². The molecule has 3 rings (SSSR count). The molecule has 0 bridgehead atoms. The van der Waals surface area contributed by atoms with Gasteiger partial charge in [0.2, 0.25) is 0 Å². The molecule has 1 aliphatic rings. The highest BCUT2D eigenvalue weighted by molar-refractivity contribution is 5.81. The maximum absolute atomic E-state index is 13.2. The van der Waals surface area contributed by atoms with Gasteiger partial charge in [-0.05, 0) is 44.5 Å². The van der Waals surface area contributed by atoms with Crippen molar-refractivity contribution < 1.29 is 4.39 Å². The van der Waals surface area contributed by atoms with E-state index >= 15 is 0 Å². The zero-order valence-corrected chi connectivity index (χ0v) is 9.91. The summed E-state index contributed by atoms with van der Waals surface area (Å²) < 4.78 is 15.2. The van der Waals surface area contributed by atoms with Crippen LogP contribution in [0.4, 0.5) is 4.39 Å². The molecule has 1 atom stereocenters. The lowest BCUT2D eigenvalue weighted by molar-refractivity contribution is 0.471. The summed E-state index contributed by atoms with van der Waals surface area (Å²) in [5.74, 6) is -0.195. The summed E-state index contributed by atoms with van der Waals surface area (Å²) in [6.45, 7) is 3.98. The Morgan fingerprint density at radius 2 is 2.41 bits per heavy atom. The highest BCUT2D eigenvalue weighted by Crippen LogP contribution is 2.20. The third kappa shape index (κ3) is 1.93. The van der Waals surface area contributed by atoms with E-state index in [1.165, 1.54) is 18.9 Å². The van der Waals surface area contributed by atoms with Crippen molar-refractivity contribution in [3.63, 3.8) is 0 Å². The van der Waals surface area contributed by atoms with E-state index < -0.39 is 0 Å². The highest BCUT2D eigenvalue weighted by atomic mass is 19.1. The van der Waals surface area contributed by atoms with E-state index in [1.54, 1.807) is 12.1 Å². The van der Waals surface area contributed by atoms with Gasteiger partial charge in [-0.3, -0.25) is 4.68 Å². The lowest BCUT2D eigenvalue weighted by atomic mass is 10.2. The zero-order chi connectivity index (χ0) is 11.8. The first-order chi connectivity index (χ1) is 8.24. The van der Waals surface area contributed by atoms with Crippen molar-refractivity contribution in [1.82, 2.24) is 15.1 Å². The second-order valence-electron chi connectivity index (χ2n) is 4.72. The number of nitrogens with one attached hydrogen (secondary N) is 1. The van der Waals surface area contributed by atoms with Gasteiger partial charge in [0, 0.05) is 17.1 Å². The molecule has 0 saturated carbocycles. The van der Waals surface area contributed by atoms with Crippen LogP contribution >= 0.6 is 0 Å². The zero-order valence-electron chi connectivity index (χ0n) is 9.91. The predicted molar refractivity (Wildman–Crippen MR) is 65.5 cm³/mol. The first-order valence-electron chi connectivity index (χ1n) is 6.10. The fourth-order valence-electron chi connectivity index (χ4n) is 2.53. The molecular weight excluding hydrogens is 217 g/mol. The molecule has 1 aromatic heterocycles. The minimum Gasteiger partial charge on any atom is -0.312 e. The molecule has 1 unspecified atom stereocenters. The summed E-state index contributed by atoms with van der Waals surface area (Å²) in [6.07, 6.45) is 2.43. The van der Waals surface area contributed by atoms with Gasteiger partial charge in [-0.15, -0.1) is 0 Å². The fraction of sp³-hybridized carbons (Fsp3) is 0.462. The number of hydrogen-bond donors (Lipinski definition) is 1. The number of aromatic nitrogens is 2. The van der Waals surface area contributed by atoms with Crippen molar-refractivity contribution in [2.24, 2.45) is 0 Å². The molecule has 0 spiro atoms. The van der Waals surface area contributed by atoms with Gasteiger partial charge in [0.05, 0.1) is 12.1 Å². The number of nitrogens with zero attached hydrogens (tertiary/aromatic N) is 2. The van der Waals surface area contributed by atoms with Crippen LogP contribution in [0.5, 0.6) is 0 Å². The van der Waals surface area contributed by atoms with Crippen molar-refractivity contribution in [2.75, 3.05) is 6.54 Å². The van der Waals surface area contributed by atoms with Gasteiger partial charge in [0.15, 0.2) is 0 Å². The van der Waals surface area contributed by atoms with E-state index in [2.05, 4.69) is 10.4 Å². The SMILES string of the molecule is Cc1c2cc(F)ccc2nn1CC1CCCN1. The first kappa shape index (κ1) is 10.7. The Labute approximate surface area is 99.6 Å². The van der Waals surface area contributed by atoms with E-state index in [1.807, 2.05) is 11.6 Å². The molecule has 2 aromatic rings. The lowest BCUT2D eigenvalue weighted by Gasteiger charge is -2.11.